The average molecular weight is 167 g/mol. The van der Waals surface area contributed by atoms with E-state index in [0.29, 0.717) is 5.75 Å². The highest BCUT2D eigenvalue weighted by Crippen LogP contribution is 2.14. The van der Waals surface area contributed by atoms with Crippen LogP contribution < -0.4 is 0 Å². The van der Waals surface area contributed by atoms with Crippen molar-refractivity contribution in [1.82, 2.24) is 0 Å². The van der Waals surface area contributed by atoms with Crippen LogP contribution in [0.5, 0.6) is 0 Å². The second kappa shape index (κ2) is 4.79. The lowest BCUT2D eigenvalue weighted by Gasteiger charge is -1.94. The van der Waals surface area contributed by atoms with E-state index in [1.54, 1.807) is 11.8 Å². The number of hydrogen-bond acceptors (Lipinski definition) is 3. The van der Waals surface area contributed by atoms with E-state index in [9.17, 15) is 0 Å². The Hall–Kier alpha value is -0.960. The SMILES string of the molecule is O/N=C/CSc1ccccc1. The van der Waals surface area contributed by atoms with Gasteiger partial charge in [-0.25, -0.2) is 0 Å². The third-order valence-corrected chi connectivity index (χ3v) is 2.07. The molecule has 2 nitrogen and oxygen atoms in total. The second-order valence-electron chi connectivity index (χ2n) is 1.92. The number of thioether (sulfide) groups is 1. The molecule has 0 aliphatic heterocycles. The van der Waals surface area contributed by atoms with Crippen LogP contribution in [-0.4, -0.2) is 17.2 Å². The quantitative estimate of drug-likeness (QED) is 0.324. The van der Waals surface area contributed by atoms with Crippen molar-refractivity contribution in [2.45, 2.75) is 4.90 Å². The van der Waals surface area contributed by atoms with E-state index in [0.717, 1.165) is 0 Å². The van der Waals surface area contributed by atoms with Gasteiger partial charge >= 0.3 is 0 Å². The first-order valence-corrected chi connectivity index (χ1v) is 4.26. The molecule has 1 aromatic carbocycles. The van der Waals surface area contributed by atoms with Crippen LogP contribution in [0, 0.1) is 0 Å². The standard InChI is InChI=1S/C8H9NOS/c10-9-6-7-11-8-4-2-1-3-5-8/h1-6,10H,7H2/b9-6+. The number of rotatable bonds is 3. The van der Waals surface area contributed by atoms with Gasteiger partial charge in [0.1, 0.15) is 0 Å². The van der Waals surface area contributed by atoms with E-state index in [-0.39, 0.29) is 0 Å². The van der Waals surface area contributed by atoms with Crippen molar-refractivity contribution in [3.05, 3.63) is 30.3 Å². The van der Waals surface area contributed by atoms with Gasteiger partial charge in [-0.3, -0.25) is 0 Å². The van der Waals surface area contributed by atoms with E-state index < -0.39 is 0 Å². The summed E-state index contributed by atoms with van der Waals surface area (Å²) in [6, 6.07) is 9.99. The van der Waals surface area contributed by atoms with Gasteiger partial charge in [0.2, 0.25) is 0 Å². The zero-order valence-corrected chi connectivity index (χ0v) is 6.79. The van der Waals surface area contributed by atoms with E-state index >= 15 is 0 Å². The molecular formula is C8H9NOS. The lowest BCUT2D eigenvalue weighted by molar-refractivity contribution is 0.321. The summed E-state index contributed by atoms with van der Waals surface area (Å²) in [7, 11) is 0. The first kappa shape index (κ1) is 8.14. The highest BCUT2D eigenvalue weighted by Gasteiger charge is 1.87. The van der Waals surface area contributed by atoms with E-state index in [1.807, 2.05) is 30.3 Å². The van der Waals surface area contributed by atoms with Crippen LogP contribution in [0.25, 0.3) is 0 Å². The Balaban J connectivity index is 2.39. The van der Waals surface area contributed by atoms with Crippen LogP contribution in [0.15, 0.2) is 40.4 Å². The van der Waals surface area contributed by atoms with Gasteiger partial charge in [-0.1, -0.05) is 18.2 Å². The van der Waals surface area contributed by atoms with Crippen LogP contribution in [-0.2, 0) is 0 Å². The van der Waals surface area contributed by atoms with Gasteiger partial charge in [-0.15, -0.1) is 16.9 Å². The molecule has 0 saturated heterocycles. The summed E-state index contributed by atoms with van der Waals surface area (Å²) >= 11 is 1.64. The number of nitrogens with zero attached hydrogens (tertiary/aromatic N) is 1. The molecule has 0 saturated carbocycles. The molecule has 11 heavy (non-hydrogen) atoms. The van der Waals surface area contributed by atoms with E-state index in [2.05, 4.69) is 5.16 Å². The van der Waals surface area contributed by atoms with Crippen molar-refractivity contribution in [2.75, 3.05) is 5.75 Å². The van der Waals surface area contributed by atoms with Crippen LogP contribution in [0.4, 0.5) is 0 Å². The normalized spacial score (nSPS) is 10.5. The average Bonchev–Trinajstić information content (AvgIpc) is 2.07. The Labute approximate surface area is 69.9 Å². The van der Waals surface area contributed by atoms with Gasteiger partial charge < -0.3 is 5.21 Å². The Morgan fingerprint density at radius 3 is 2.73 bits per heavy atom. The Morgan fingerprint density at radius 2 is 2.09 bits per heavy atom. The fourth-order valence-corrected chi connectivity index (χ4v) is 1.37. The summed E-state index contributed by atoms with van der Waals surface area (Å²) in [6.07, 6.45) is 1.47. The zero-order valence-electron chi connectivity index (χ0n) is 5.97. The zero-order chi connectivity index (χ0) is 7.94. The van der Waals surface area contributed by atoms with Crippen molar-refractivity contribution >= 4 is 18.0 Å². The van der Waals surface area contributed by atoms with Crippen LogP contribution in [0.3, 0.4) is 0 Å². The minimum absolute atomic E-state index is 0.709. The first-order chi connectivity index (χ1) is 5.43. The Kier molecular flexibility index (Phi) is 3.55. The smallest absolute Gasteiger partial charge is 0.0538 e. The van der Waals surface area contributed by atoms with Gasteiger partial charge in [0.05, 0.1) is 6.21 Å². The summed E-state index contributed by atoms with van der Waals surface area (Å²) in [4.78, 5) is 1.19. The van der Waals surface area contributed by atoms with Gasteiger partial charge in [-0.05, 0) is 12.1 Å². The molecule has 0 aromatic heterocycles. The maximum Gasteiger partial charge on any atom is 0.0538 e. The predicted octanol–water partition coefficient (Wildman–Crippen LogP) is 2.24. The number of benzene rings is 1. The summed E-state index contributed by atoms with van der Waals surface area (Å²) in [5, 5.41) is 11.0. The third kappa shape index (κ3) is 3.09. The predicted molar refractivity (Wildman–Crippen MR) is 47.4 cm³/mol. The van der Waals surface area contributed by atoms with Crippen molar-refractivity contribution in [3.8, 4) is 0 Å². The molecule has 1 rings (SSSR count). The molecule has 1 aromatic rings. The first-order valence-electron chi connectivity index (χ1n) is 3.27. The van der Waals surface area contributed by atoms with Crippen LogP contribution in [0.2, 0.25) is 0 Å². The van der Waals surface area contributed by atoms with Crippen LogP contribution in [0.1, 0.15) is 0 Å². The van der Waals surface area contributed by atoms with Crippen molar-refractivity contribution in [1.29, 1.82) is 0 Å². The molecule has 0 aliphatic carbocycles. The maximum absolute atomic E-state index is 8.10. The summed E-state index contributed by atoms with van der Waals surface area (Å²) in [5.74, 6) is 0.709. The molecule has 3 heteroatoms. The molecule has 0 unspecified atom stereocenters. The molecule has 0 spiro atoms. The molecular weight excluding hydrogens is 158 g/mol. The molecule has 0 fully saturated rings. The Bertz CT molecular complexity index is 223. The van der Waals surface area contributed by atoms with Crippen LogP contribution >= 0.6 is 11.8 Å². The minimum Gasteiger partial charge on any atom is -0.411 e. The Morgan fingerprint density at radius 1 is 1.36 bits per heavy atom. The molecule has 0 amide bonds. The van der Waals surface area contributed by atoms with E-state index in [4.69, 9.17) is 5.21 Å². The van der Waals surface area contributed by atoms with E-state index in [1.165, 1.54) is 11.1 Å². The third-order valence-electron chi connectivity index (χ3n) is 1.15. The van der Waals surface area contributed by atoms with Gasteiger partial charge in [0.15, 0.2) is 0 Å². The van der Waals surface area contributed by atoms with Gasteiger partial charge in [0.25, 0.3) is 0 Å². The topological polar surface area (TPSA) is 32.6 Å². The monoisotopic (exact) mass is 167 g/mol. The minimum atomic E-state index is 0.709. The number of hydrogen-bond donors (Lipinski definition) is 1. The molecule has 0 bridgehead atoms. The van der Waals surface area contributed by atoms with Gasteiger partial charge in [-0.2, -0.15) is 0 Å². The molecule has 0 atom stereocenters. The molecule has 1 N–H and O–H groups in total. The lowest BCUT2D eigenvalue weighted by Crippen LogP contribution is -1.78. The summed E-state index contributed by atoms with van der Waals surface area (Å²) in [6.45, 7) is 0. The molecule has 0 radical (unpaired) electrons. The summed E-state index contributed by atoms with van der Waals surface area (Å²) < 4.78 is 0. The molecule has 0 heterocycles. The highest BCUT2D eigenvalue weighted by atomic mass is 32.2. The van der Waals surface area contributed by atoms with Crippen molar-refractivity contribution in [2.24, 2.45) is 5.16 Å². The fourth-order valence-electron chi connectivity index (χ4n) is 0.684. The molecule has 58 valence electrons. The van der Waals surface area contributed by atoms with Crippen molar-refractivity contribution < 1.29 is 5.21 Å². The van der Waals surface area contributed by atoms with Crippen molar-refractivity contribution in [3.63, 3.8) is 0 Å². The lowest BCUT2D eigenvalue weighted by atomic mass is 10.4. The molecule has 0 aliphatic rings. The fraction of sp³-hybridized carbons (Fsp3) is 0.125. The van der Waals surface area contributed by atoms with Gasteiger partial charge in [0, 0.05) is 10.6 Å². The maximum atomic E-state index is 8.10. The number of oxime groups is 1. The summed E-state index contributed by atoms with van der Waals surface area (Å²) in [5.41, 5.74) is 0. The highest BCUT2D eigenvalue weighted by molar-refractivity contribution is 7.99. The largest absolute Gasteiger partial charge is 0.411 e. The second-order valence-corrected chi connectivity index (χ2v) is 3.02.